The molecular formula is C15H18N2O2. The van der Waals surface area contributed by atoms with Gasteiger partial charge in [-0.15, -0.1) is 0 Å². The predicted molar refractivity (Wildman–Crippen MR) is 75.8 cm³/mol. The van der Waals surface area contributed by atoms with Crippen molar-refractivity contribution in [1.29, 1.82) is 0 Å². The summed E-state index contributed by atoms with van der Waals surface area (Å²) < 4.78 is 10.6. The van der Waals surface area contributed by atoms with Crippen LogP contribution in [0, 0.1) is 6.92 Å². The number of benzene rings is 1. The molecule has 4 heteroatoms. The van der Waals surface area contributed by atoms with Gasteiger partial charge in [0.15, 0.2) is 11.5 Å². The van der Waals surface area contributed by atoms with Crippen LogP contribution >= 0.6 is 0 Å². The summed E-state index contributed by atoms with van der Waals surface area (Å²) in [5, 5.41) is 3.32. The Labute approximate surface area is 113 Å². The van der Waals surface area contributed by atoms with E-state index in [9.17, 15) is 0 Å². The minimum Gasteiger partial charge on any atom is -0.493 e. The normalized spacial score (nSPS) is 10.1. The molecule has 2 rings (SSSR count). The molecule has 19 heavy (non-hydrogen) atoms. The molecule has 0 saturated heterocycles. The van der Waals surface area contributed by atoms with Crippen molar-refractivity contribution in [2.24, 2.45) is 0 Å². The van der Waals surface area contributed by atoms with Crippen LogP contribution in [-0.2, 0) is 6.54 Å². The summed E-state index contributed by atoms with van der Waals surface area (Å²) in [4.78, 5) is 4.32. The van der Waals surface area contributed by atoms with E-state index in [2.05, 4.69) is 29.4 Å². The Balaban J connectivity index is 2.13. The van der Waals surface area contributed by atoms with Crippen molar-refractivity contribution >= 4 is 5.69 Å². The smallest absolute Gasteiger partial charge is 0.184 e. The molecule has 0 fully saturated rings. The van der Waals surface area contributed by atoms with Gasteiger partial charge in [-0.3, -0.25) is 4.98 Å². The van der Waals surface area contributed by atoms with Gasteiger partial charge in [0.25, 0.3) is 0 Å². The number of anilines is 1. The Hall–Kier alpha value is -2.23. The molecule has 0 aliphatic carbocycles. The van der Waals surface area contributed by atoms with Gasteiger partial charge in [-0.05, 0) is 19.1 Å². The van der Waals surface area contributed by atoms with Crippen molar-refractivity contribution in [2.75, 3.05) is 19.5 Å². The summed E-state index contributed by atoms with van der Waals surface area (Å²) in [7, 11) is 3.24. The first-order valence-corrected chi connectivity index (χ1v) is 6.11. The van der Waals surface area contributed by atoms with Crippen LogP contribution in [0.4, 0.5) is 5.69 Å². The monoisotopic (exact) mass is 258 g/mol. The molecule has 0 radical (unpaired) electrons. The SMILES string of the molecule is COc1ccnc(CNc2ccc(C)cc2)c1OC. The third kappa shape index (κ3) is 3.16. The summed E-state index contributed by atoms with van der Waals surface area (Å²) >= 11 is 0. The van der Waals surface area contributed by atoms with Crippen LogP contribution in [0.1, 0.15) is 11.3 Å². The minimum absolute atomic E-state index is 0.587. The van der Waals surface area contributed by atoms with Gasteiger partial charge in [0.2, 0.25) is 0 Å². The van der Waals surface area contributed by atoms with Crippen LogP contribution < -0.4 is 14.8 Å². The van der Waals surface area contributed by atoms with E-state index in [0.717, 1.165) is 11.4 Å². The average Bonchev–Trinajstić information content (AvgIpc) is 2.46. The molecule has 4 nitrogen and oxygen atoms in total. The van der Waals surface area contributed by atoms with Crippen LogP contribution in [0.5, 0.6) is 11.5 Å². The maximum Gasteiger partial charge on any atom is 0.184 e. The van der Waals surface area contributed by atoms with Gasteiger partial charge in [-0.2, -0.15) is 0 Å². The molecule has 2 aromatic rings. The van der Waals surface area contributed by atoms with Gasteiger partial charge in [0.05, 0.1) is 20.8 Å². The number of methoxy groups -OCH3 is 2. The maximum atomic E-state index is 5.35. The highest BCUT2D eigenvalue weighted by Crippen LogP contribution is 2.29. The molecule has 1 heterocycles. The van der Waals surface area contributed by atoms with Crippen molar-refractivity contribution in [3.8, 4) is 11.5 Å². The quantitative estimate of drug-likeness (QED) is 0.895. The minimum atomic E-state index is 0.587. The zero-order chi connectivity index (χ0) is 13.7. The highest BCUT2D eigenvalue weighted by atomic mass is 16.5. The zero-order valence-corrected chi connectivity index (χ0v) is 11.4. The second-order valence-corrected chi connectivity index (χ2v) is 4.21. The van der Waals surface area contributed by atoms with Gasteiger partial charge >= 0.3 is 0 Å². The van der Waals surface area contributed by atoms with E-state index in [1.54, 1.807) is 26.5 Å². The maximum absolute atomic E-state index is 5.35. The van der Waals surface area contributed by atoms with Crippen molar-refractivity contribution in [2.45, 2.75) is 13.5 Å². The van der Waals surface area contributed by atoms with Crippen molar-refractivity contribution in [1.82, 2.24) is 4.98 Å². The van der Waals surface area contributed by atoms with Crippen LogP contribution in [-0.4, -0.2) is 19.2 Å². The largest absolute Gasteiger partial charge is 0.493 e. The third-order valence-electron chi connectivity index (χ3n) is 2.88. The topological polar surface area (TPSA) is 43.4 Å². The number of nitrogens with zero attached hydrogens (tertiary/aromatic N) is 1. The Morgan fingerprint density at radius 1 is 1.05 bits per heavy atom. The molecule has 1 aromatic carbocycles. The third-order valence-corrected chi connectivity index (χ3v) is 2.88. The lowest BCUT2D eigenvalue weighted by Gasteiger charge is -2.12. The number of hydrogen-bond donors (Lipinski definition) is 1. The van der Waals surface area contributed by atoms with E-state index in [1.807, 2.05) is 12.1 Å². The van der Waals surface area contributed by atoms with E-state index >= 15 is 0 Å². The number of aryl methyl sites for hydroxylation is 1. The van der Waals surface area contributed by atoms with E-state index < -0.39 is 0 Å². The number of aromatic nitrogens is 1. The Kier molecular flexibility index (Phi) is 4.23. The first-order chi connectivity index (χ1) is 9.24. The Morgan fingerprint density at radius 2 is 1.79 bits per heavy atom. The predicted octanol–water partition coefficient (Wildman–Crippen LogP) is 3.02. The number of pyridine rings is 1. The van der Waals surface area contributed by atoms with E-state index in [0.29, 0.717) is 18.0 Å². The van der Waals surface area contributed by atoms with Crippen LogP contribution in [0.2, 0.25) is 0 Å². The van der Waals surface area contributed by atoms with Crippen molar-refractivity contribution in [3.05, 3.63) is 47.8 Å². The molecule has 0 unspecified atom stereocenters. The Bertz CT molecular complexity index is 538. The van der Waals surface area contributed by atoms with Gasteiger partial charge in [-0.1, -0.05) is 17.7 Å². The Morgan fingerprint density at radius 3 is 2.42 bits per heavy atom. The molecule has 1 aromatic heterocycles. The highest BCUT2D eigenvalue weighted by molar-refractivity contribution is 5.48. The highest BCUT2D eigenvalue weighted by Gasteiger charge is 2.10. The summed E-state index contributed by atoms with van der Waals surface area (Å²) in [5.74, 6) is 1.36. The molecule has 100 valence electrons. The zero-order valence-electron chi connectivity index (χ0n) is 11.4. The molecular weight excluding hydrogens is 240 g/mol. The fourth-order valence-corrected chi connectivity index (χ4v) is 1.83. The fourth-order valence-electron chi connectivity index (χ4n) is 1.83. The van der Waals surface area contributed by atoms with E-state index in [4.69, 9.17) is 9.47 Å². The second-order valence-electron chi connectivity index (χ2n) is 4.21. The molecule has 1 N–H and O–H groups in total. The van der Waals surface area contributed by atoms with Crippen LogP contribution in [0.3, 0.4) is 0 Å². The summed E-state index contributed by atoms with van der Waals surface area (Å²) in [6.07, 6.45) is 1.72. The van der Waals surface area contributed by atoms with Crippen molar-refractivity contribution < 1.29 is 9.47 Å². The number of rotatable bonds is 5. The van der Waals surface area contributed by atoms with Gasteiger partial charge in [0.1, 0.15) is 5.69 Å². The van der Waals surface area contributed by atoms with E-state index in [1.165, 1.54) is 5.56 Å². The standard InChI is InChI=1S/C15H18N2O2/c1-11-4-6-12(7-5-11)17-10-13-15(19-3)14(18-2)8-9-16-13/h4-9,17H,10H2,1-3H3. The molecule has 0 atom stereocenters. The molecule has 0 aliphatic rings. The summed E-state index contributed by atoms with van der Waals surface area (Å²) in [6.45, 7) is 2.65. The number of nitrogens with one attached hydrogen (secondary N) is 1. The average molecular weight is 258 g/mol. The molecule has 0 bridgehead atoms. The number of hydrogen-bond acceptors (Lipinski definition) is 4. The molecule has 0 saturated carbocycles. The van der Waals surface area contributed by atoms with E-state index in [-0.39, 0.29) is 0 Å². The molecule has 0 aliphatic heterocycles. The first-order valence-electron chi connectivity index (χ1n) is 6.11. The van der Waals surface area contributed by atoms with Crippen LogP contribution in [0.15, 0.2) is 36.5 Å². The van der Waals surface area contributed by atoms with Crippen LogP contribution in [0.25, 0.3) is 0 Å². The summed E-state index contributed by atoms with van der Waals surface area (Å²) in [6, 6.07) is 10.0. The van der Waals surface area contributed by atoms with Gasteiger partial charge < -0.3 is 14.8 Å². The van der Waals surface area contributed by atoms with Gasteiger partial charge in [0, 0.05) is 18.0 Å². The number of ether oxygens (including phenoxy) is 2. The van der Waals surface area contributed by atoms with Crippen molar-refractivity contribution in [3.63, 3.8) is 0 Å². The lowest BCUT2D eigenvalue weighted by Crippen LogP contribution is -2.05. The van der Waals surface area contributed by atoms with Gasteiger partial charge in [-0.25, -0.2) is 0 Å². The second kappa shape index (κ2) is 6.09. The molecule has 0 spiro atoms. The summed E-state index contributed by atoms with van der Waals surface area (Å²) in [5.41, 5.74) is 3.11. The lowest BCUT2D eigenvalue weighted by atomic mass is 10.2. The molecule has 0 amide bonds. The lowest BCUT2D eigenvalue weighted by molar-refractivity contribution is 0.350. The first kappa shape index (κ1) is 13.2. The fraction of sp³-hybridized carbons (Fsp3) is 0.267.